The molecular formula is C21H21NOS. The van der Waals surface area contributed by atoms with Crippen LogP contribution in [0.1, 0.15) is 30.0 Å². The van der Waals surface area contributed by atoms with E-state index in [9.17, 15) is 0 Å². The van der Waals surface area contributed by atoms with Gasteiger partial charge in [-0.25, -0.2) is 4.98 Å². The van der Waals surface area contributed by atoms with Gasteiger partial charge in [0.25, 0.3) is 0 Å². The topological polar surface area (TPSA) is 22.1 Å². The first-order valence-electron chi connectivity index (χ1n) is 7.97. The second-order valence-electron chi connectivity index (χ2n) is 4.87. The maximum Gasteiger partial charge on any atom is 0.148 e. The molecule has 24 heavy (non-hydrogen) atoms. The number of nitrogens with zero attached hydrogens (tertiary/aromatic N) is 1. The van der Waals surface area contributed by atoms with Gasteiger partial charge in [0.1, 0.15) is 17.4 Å². The Morgan fingerprint density at radius 2 is 1.96 bits per heavy atom. The number of benzene rings is 2. The minimum Gasteiger partial charge on any atom is -0.481 e. The number of fused-ring (bicyclic) bond motifs is 1. The molecule has 0 spiro atoms. The average molecular weight is 335 g/mol. The third-order valence-corrected chi connectivity index (χ3v) is 4.24. The summed E-state index contributed by atoms with van der Waals surface area (Å²) in [6.07, 6.45) is 9.32. The van der Waals surface area contributed by atoms with Crippen molar-refractivity contribution in [3.8, 4) is 18.1 Å². The molecule has 3 heteroatoms. The lowest BCUT2D eigenvalue weighted by Crippen LogP contribution is -1.95. The van der Waals surface area contributed by atoms with Gasteiger partial charge in [0, 0.05) is 0 Å². The zero-order valence-electron chi connectivity index (χ0n) is 14.2. The Labute approximate surface area is 147 Å². The molecule has 2 aromatic carbocycles. The number of hydrogen-bond acceptors (Lipinski definition) is 3. The summed E-state index contributed by atoms with van der Waals surface area (Å²) in [5.41, 5.74) is 3.23. The molecule has 0 bridgehead atoms. The highest BCUT2D eigenvalue weighted by Gasteiger charge is 2.01. The Hall–Kier alpha value is -2.57. The number of rotatable bonds is 4. The fraction of sp³-hybridized carbons (Fsp3) is 0.190. The number of terminal acetylenes is 1. The Bertz CT molecular complexity index is 838. The van der Waals surface area contributed by atoms with Crippen LogP contribution in [-0.4, -0.2) is 11.6 Å². The van der Waals surface area contributed by atoms with E-state index in [1.807, 2.05) is 57.2 Å². The van der Waals surface area contributed by atoms with Gasteiger partial charge in [-0.05, 0) is 48.4 Å². The summed E-state index contributed by atoms with van der Waals surface area (Å²) >= 11 is 1.69. The first kappa shape index (κ1) is 17.8. The zero-order valence-corrected chi connectivity index (χ0v) is 15.1. The van der Waals surface area contributed by atoms with E-state index in [-0.39, 0.29) is 0 Å². The van der Waals surface area contributed by atoms with E-state index in [0.717, 1.165) is 27.4 Å². The molecule has 122 valence electrons. The van der Waals surface area contributed by atoms with Crippen LogP contribution in [0.2, 0.25) is 0 Å². The van der Waals surface area contributed by atoms with Crippen molar-refractivity contribution in [2.45, 2.75) is 20.8 Å². The van der Waals surface area contributed by atoms with Gasteiger partial charge < -0.3 is 4.74 Å². The minimum atomic E-state index is 0.293. The molecule has 0 fully saturated rings. The summed E-state index contributed by atoms with van der Waals surface area (Å²) in [5, 5.41) is 1.01. The van der Waals surface area contributed by atoms with Crippen molar-refractivity contribution in [1.82, 2.24) is 4.98 Å². The van der Waals surface area contributed by atoms with Gasteiger partial charge in [-0.15, -0.1) is 17.8 Å². The second kappa shape index (κ2) is 8.90. The van der Waals surface area contributed by atoms with Crippen LogP contribution in [0.3, 0.4) is 0 Å². The summed E-state index contributed by atoms with van der Waals surface area (Å²) in [7, 11) is 0. The van der Waals surface area contributed by atoms with Crippen molar-refractivity contribution in [3.05, 3.63) is 58.6 Å². The Balaban J connectivity index is 0.00000100. The lowest BCUT2D eigenvalue weighted by atomic mass is 10.1. The van der Waals surface area contributed by atoms with Gasteiger partial charge in [-0.3, -0.25) is 0 Å². The van der Waals surface area contributed by atoms with Gasteiger partial charge in [-0.2, -0.15) is 0 Å². The van der Waals surface area contributed by atoms with Crippen LogP contribution < -0.4 is 4.74 Å². The molecule has 0 amide bonds. The molecule has 0 unspecified atom stereocenters. The van der Waals surface area contributed by atoms with Crippen LogP contribution in [0.25, 0.3) is 22.4 Å². The number of para-hydroxylation sites is 1. The molecule has 0 atom stereocenters. The molecular weight excluding hydrogens is 314 g/mol. The van der Waals surface area contributed by atoms with Gasteiger partial charge in [-0.1, -0.05) is 44.0 Å². The smallest absolute Gasteiger partial charge is 0.148 e. The van der Waals surface area contributed by atoms with E-state index >= 15 is 0 Å². The number of ether oxygens (including phenoxy) is 1. The van der Waals surface area contributed by atoms with Crippen LogP contribution in [0, 0.1) is 19.3 Å². The van der Waals surface area contributed by atoms with Crippen molar-refractivity contribution < 1.29 is 4.74 Å². The molecule has 1 heterocycles. The number of hydrogen-bond donors (Lipinski definition) is 0. The van der Waals surface area contributed by atoms with Crippen molar-refractivity contribution in [2.75, 3.05) is 6.61 Å². The predicted octanol–water partition coefficient (Wildman–Crippen LogP) is 5.81. The van der Waals surface area contributed by atoms with Gasteiger partial charge in [0.05, 0.1) is 10.2 Å². The van der Waals surface area contributed by atoms with Gasteiger partial charge >= 0.3 is 0 Å². The molecule has 3 aromatic rings. The molecule has 2 nitrogen and oxygen atoms in total. The van der Waals surface area contributed by atoms with Crippen LogP contribution in [-0.2, 0) is 0 Å². The van der Waals surface area contributed by atoms with Crippen molar-refractivity contribution >= 4 is 33.7 Å². The van der Waals surface area contributed by atoms with Crippen LogP contribution >= 0.6 is 11.3 Å². The maximum absolute atomic E-state index is 5.47. The molecule has 3 rings (SSSR count). The van der Waals surface area contributed by atoms with Crippen molar-refractivity contribution in [1.29, 1.82) is 0 Å². The predicted molar refractivity (Wildman–Crippen MR) is 105 cm³/mol. The number of thiazole rings is 1. The lowest BCUT2D eigenvalue weighted by Gasteiger charge is -2.06. The highest BCUT2D eigenvalue weighted by Crippen LogP contribution is 2.24. The Morgan fingerprint density at radius 1 is 1.17 bits per heavy atom. The van der Waals surface area contributed by atoms with E-state index in [1.54, 1.807) is 11.3 Å². The fourth-order valence-corrected chi connectivity index (χ4v) is 3.06. The van der Waals surface area contributed by atoms with Crippen LogP contribution in [0.4, 0.5) is 0 Å². The molecule has 0 saturated heterocycles. The highest BCUT2D eigenvalue weighted by atomic mass is 32.1. The van der Waals surface area contributed by atoms with Crippen molar-refractivity contribution in [3.63, 3.8) is 0 Å². The molecule has 1 aromatic heterocycles. The zero-order chi connectivity index (χ0) is 17.4. The summed E-state index contributed by atoms with van der Waals surface area (Å²) < 4.78 is 6.68. The summed E-state index contributed by atoms with van der Waals surface area (Å²) in [4.78, 5) is 4.59. The minimum absolute atomic E-state index is 0.293. The lowest BCUT2D eigenvalue weighted by molar-refractivity contribution is 0.368. The van der Waals surface area contributed by atoms with Crippen LogP contribution in [0.5, 0.6) is 5.75 Å². The quantitative estimate of drug-likeness (QED) is 0.561. The fourth-order valence-electron chi connectivity index (χ4n) is 2.19. The molecule has 0 aliphatic carbocycles. The molecule has 0 aliphatic rings. The highest BCUT2D eigenvalue weighted by molar-refractivity contribution is 7.19. The molecule has 0 saturated carbocycles. The first-order valence-corrected chi connectivity index (χ1v) is 8.78. The van der Waals surface area contributed by atoms with E-state index in [2.05, 4.69) is 29.1 Å². The Kier molecular flexibility index (Phi) is 6.60. The normalized spacial score (nSPS) is 10.2. The van der Waals surface area contributed by atoms with E-state index in [4.69, 9.17) is 11.2 Å². The number of aryl methyl sites for hydroxylation is 1. The maximum atomic E-state index is 5.47. The second-order valence-corrected chi connectivity index (χ2v) is 5.93. The molecule has 0 radical (unpaired) electrons. The van der Waals surface area contributed by atoms with E-state index in [1.165, 1.54) is 4.70 Å². The summed E-state index contributed by atoms with van der Waals surface area (Å²) in [6.45, 7) is 6.31. The van der Waals surface area contributed by atoms with Crippen molar-refractivity contribution in [2.24, 2.45) is 0 Å². The third kappa shape index (κ3) is 4.47. The summed E-state index contributed by atoms with van der Waals surface area (Å²) in [6, 6.07) is 14.2. The average Bonchev–Trinajstić information content (AvgIpc) is 3.04. The molecule has 0 aliphatic heterocycles. The number of aromatic nitrogens is 1. The summed E-state index contributed by atoms with van der Waals surface area (Å²) in [5.74, 6) is 3.30. The monoisotopic (exact) mass is 335 g/mol. The Morgan fingerprint density at radius 3 is 2.67 bits per heavy atom. The van der Waals surface area contributed by atoms with Gasteiger partial charge in [0.2, 0.25) is 0 Å². The van der Waals surface area contributed by atoms with Crippen LogP contribution in [0.15, 0.2) is 42.5 Å². The first-order chi connectivity index (χ1) is 11.8. The van der Waals surface area contributed by atoms with Gasteiger partial charge in [0.15, 0.2) is 0 Å². The third-order valence-electron chi connectivity index (χ3n) is 3.24. The van der Waals surface area contributed by atoms with E-state index in [0.29, 0.717) is 6.61 Å². The largest absolute Gasteiger partial charge is 0.481 e. The van der Waals surface area contributed by atoms with E-state index < -0.39 is 0 Å². The SMILES string of the molecule is C#CCOc1ccc(/C=C/c2nc3ccccc3s2)cc1C.CC. The standard InChI is InChI=1S/C19H15NOS.C2H6/c1-3-12-21-17-10-8-15(13-14(17)2)9-11-19-20-16-6-4-5-7-18(16)22-19;1-2/h1,4-11,13H,12H2,2H3;1-2H3/b11-9+;. The molecule has 0 N–H and O–H groups in total.